The van der Waals surface area contributed by atoms with Gasteiger partial charge in [0.25, 0.3) is 0 Å². The van der Waals surface area contributed by atoms with Crippen LogP contribution in [0.4, 0.5) is 0 Å². The fourth-order valence-electron chi connectivity index (χ4n) is 2.58. The summed E-state index contributed by atoms with van der Waals surface area (Å²) in [5.41, 5.74) is 0. The fourth-order valence-corrected chi connectivity index (χ4v) is 2.58. The molecule has 0 unspecified atom stereocenters. The molecule has 0 aromatic rings. The molecule has 1 aliphatic heterocycles. The van der Waals surface area contributed by atoms with E-state index in [4.69, 9.17) is 18.9 Å². The van der Waals surface area contributed by atoms with Crippen molar-refractivity contribution in [1.29, 1.82) is 0 Å². The molecule has 1 saturated heterocycles. The van der Waals surface area contributed by atoms with Crippen LogP contribution in [-0.2, 0) is 38.1 Å². The van der Waals surface area contributed by atoms with E-state index in [1.807, 2.05) is 23.6 Å². The molecule has 0 N–H and O–H groups in total. The summed E-state index contributed by atoms with van der Waals surface area (Å²) in [6.07, 6.45) is 3.39. The van der Waals surface area contributed by atoms with E-state index in [2.05, 4.69) is 0 Å². The van der Waals surface area contributed by atoms with E-state index in [1.54, 1.807) is 0 Å². The lowest BCUT2D eigenvalue weighted by Crippen LogP contribution is -2.49. The van der Waals surface area contributed by atoms with Gasteiger partial charge in [0.15, 0.2) is 13.2 Å². The van der Waals surface area contributed by atoms with Gasteiger partial charge < -0.3 is 18.9 Å². The largest absolute Gasteiger partial charge is 0.463 e. The topological polar surface area (TPSA) is 112 Å². The van der Waals surface area contributed by atoms with Crippen LogP contribution >= 0.6 is 0 Å². The Morgan fingerprint density at radius 1 is 0.600 bits per heavy atom. The third-order valence-corrected chi connectivity index (χ3v) is 4.39. The molecule has 0 aromatic carbocycles. The SMILES string of the molecule is CCCCOC(=O)COC(=O)CN1CCN(CC(=O)OCC(=O)OCCCC)CC1. The first-order valence-corrected chi connectivity index (χ1v) is 10.5. The molecule has 0 bridgehead atoms. The number of hydrogen-bond acceptors (Lipinski definition) is 10. The van der Waals surface area contributed by atoms with Crippen LogP contribution in [0.2, 0.25) is 0 Å². The first kappa shape index (κ1) is 25.8. The van der Waals surface area contributed by atoms with Crippen molar-refractivity contribution in [1.82, 2.24) is 9.80 Å². The lowest BCUT2D eigenvalue weighted by molar-refractivity contribution is -0.160. The van der Waals surface area contributed by atoms with Crippen molar-refractivity contribution in [3.8, 4) is 0 Å². The molecule has 1 rings (SSSR count). The highest BCUT2D eigenvalue weighted by atomic mass is 16.6. The van der Waals surface area contributed by atoms with Crippen molar-refractivity contribution < 1.29 is 38.1 Å². The van der Waals surface area contributed by atoms with Crippen LogP contribution in [0.5, 0.6) is 0 Å². The van der Waals surface area contributed by atoms with Crippen molar-refractivity contribution in [2.24, 2.45) is 0 Å². The van der Waals surface area contributed by atoms with Crippen molar-refractivity contribution in [2.45, 2.75) is 39.5 Å². The summed E-state index contributed by atoms with van der Waals surface area (Å²) in [4.78, 5) is 50.3. The molecule has 10 heteroatoms. The molecular weight excluding hydrogens is 396 g/mol. The Morgan fingerprint density at radius 3 is 1.30 bits per heavy atom. The number of piperazine rings is 1. The number of hydrogen-bond donors (Lipinski definition) is 0. The van der Waals surface area contributed by atoms with Crippen LogP contribution in [0.1, 0.15) is 39.5 Å². The molecule has 1 heterocycles. The minimum atomic E-state index is -0.547. The van der Waals surface area contributed by atoms with E-state index in [1.165, 1.54) is 0 Å². The molecule has 30 heavy (non-hydrogen) atoms. The average Bonchev–Trinajstić information content (AvgIpc) is 2.72. The molecule has 1 aliphatic rings. The van der Waals surface area contributed by atoms with Crippen LogP contribution in [0.15, 0.2) is 0 Å². The van der Waals surface area contributed by atoms with Gasteiger partial charge in [0, 0.05) is 26.2 Å². The van der Waals surface area contributed by atoms with E-state index in [0.29, 0.717) is 39.4 Å². The minimum absolute atomic E-state index is 0.0735. The zero-order chi connectivity index (χ0) is 22.2. The summed E-state index contributed by atoms with van der Waals surface area (Å²) in [6.45, 7) is 6.31. The molecule has 10 nitrogen and oxygen atoms in total. The molecule has 0 spiro atoms. The van der Waals surface area contributed by atoms with Crippen molar-refractivity contribution >= 4 is 23.9 Å². The van der Waals surface area contributed by atoms with Gasteiger partial charge in [-0.1, -0.05) is 26.7 Å². The molecule has 0 amide bonds. The number of ether oxygens (including phenoxy) is 4. The molecule has 0 aromatic heterocycles. The van der Waals surface area contributed by atoms with Gasteiger partial charge in [-0.15, -0.1) is 0 Å². The standard InChI is InChI=1S/C20H34N2O8/c1-3-5-11-27-19(25)15-29-17(23)13-21-7-9-22(10-8-21)14-18(24)30-16-20(26)28-12-6-4-2/h3-16H2,1-2H3. The van der Waals surface area contributed by atoms with Gasteiger partial charge in [0.05, 0.1) is 26.3 Å². The predicted molar refractivity (Wildman–Crippen MR) is 107 cm³/mol. The van der Waals surface area contributed by atoms with Crippen LogP contribution in [0, 0.1) is 0 Å². The van der Waals surface area contributed by atoms with Crippen molar-refractivity contribution in [3.63, 3.8) is 0 Å². The summed E-state index contributed by atoms with van der Waals surface area (Å²) >= 11 is 0. The van der Waals surface area contributed by atoms with Crippen molar-refractivity contribution in [2.75, 3.05) is 65.7 Å². The van der Waals surface area contributed by atoms with Gasteiger partial charge >= 0.3 is 23.9 Å². The average molecular weight is 430 g/mol. The molecular formula is C20H34N2O8. The highest BCUT2D eigenvalue weighted by Gasteiger charge is 2.22. The number of carbonyl (C=O) groups is 4. The zero-order valence-corrected chi connectivity index (χ0v) is 18.1. The van der Waals surface area contributed by atoms with Gasteiger partial charge in [-0.3, -0.25) is 19.4 Å². The van der Waals surface area contributed by atoms with Crippen LogP contribution in [0.25, 0.3) is 0 Å². The Bertz CT molecular complexity index is 499. The lowest BCUT2D eigenvalue weighted by atomic mass is 10.3. The normalized spacial score (nSPS) is 14.7. The molecule has 0 aliphatic carbocycles. The Kier molecular flexibility index (Phi) is 13.4. The van der Waals surface area contributed by atoms with E-state index in [0.717, 1.165) is 25.7 Å². The first-order chi connectivity index (χ1) is 14.4. The number of nitrogens with zero attached hydrogens (tertiary/aromatic N) is 2. The molecule has 1 fully saturated rings. The van der Waals surface area contributed by atoms with E-state index < -0.39 is 23.9 Å². The Labute approximate surface area is 177 Å². The van der Waals surface area contributed by atoms with Crippen molar-refractivity contribution in [3.05, 3.63) is 0 Å². The number of carbonyl (C=O) groups excluding carboxylic acids is 4. The second kappa shape index (κ2) is 15.6. The highest BCUT2D eigenvalue weighted by Crippen LogP contribution is 2.03. The smallest absolute Gasteiger partial charge is 0.344 e. The van der Waals surface area contributed by atoms with Crippen LogP contribution in [0.3, 0.4) is 0 Å². The quantitative estimate of drug-likeness (QED) is 0.218. The third-order valence-electron chi connectivity index (χ3n) is 4.39. The van der Waals surface area contributed by atoms with E-state index in [9.17, 15) is 19.2 Å². The Morgan fingerprint density at radius 2 is 0.967 bits per heavy atom. The number of unbranched alkanes of at least 4 members (excludes halogenated alkanes) is 2. The van der Waals surface area contributed by atoms with Gasteiger partial charge in [0.1, 0.15) is 0 Å². The fraction of sp³-hybridized carbons (Fsp3) is 0.800. The zero-order valence-electron chi connectivity index (χ0n) is 18.1. The highest BCUT2D eigenvalue weighted by molar-refractivity contribution is 5.78. The summed E-state index contributed by atoms with van der Waals surface area (Å²) in [6, 6.07) is 0. The lowest BCUT2D eigenvalue weighted by Gasteiger charge is -2.33. The maximum atomic E-state index is 11.8. The molecule has 0 atom stereocenters. The molecule has 172 valence electrons. The second-order valence-corrected chi connectivity index (χ2v) is 7.02. The Balaban J connectivity index is 2.13. The predicted octanol–water partition coefficient (Wildman–Crippen LogP) is 0.377. The van der Waals surface area contributed by atoms with Gasteiger partial charge in [-0.05, 0) is 12.8 Å². The Hall–Kier alpha value is -2.20. The van der Waals surface area contributed by atoms with E-state index >= 15 is 0 Å². The molecule has 0 radical (unpaired) electrons. The number of esters is 4. The second-order valence-electron chi connectivity index (χ2n) is 7.02. The van der Waals surface area contributed by atoms with Gasteiger partial charge in [-0.2, -0.15) is 0 Å². The summed E-state index contributed by atoms with van der Waals surface area (Å²) in [7, 11) is 0. The maximum Gasteiger partial charge on any atom is 0.344 e. The minimum Gasteiger partial charge on any atom is -0.463 e. The summed E-state index contributed by atoms with van der Waals surface area (Å²) in [5.74, 6) is -2.07. The number of rotatable bonds is 14. The summed E-state index contributed by atoms with van der Waals surface area (Å²) in [5, 5.41) is 0. The van der Waals surface area contributed by atoms with E-state index in [-0.39, 0.29) is 26.3 Å². The molecule has 0 saturated carbocycles. The van der Waals surface area contributed by atoms with Gasteiger partial charge in [-0.25, -0.2) is 9.59 Å². The first-order valence-electron chi connectivity index (χ1n) is 10.5. The van der Waals surface area contributed by atoms with Gasteiger partial charge in [0.2, 0.25) is 0 Å². The van der Waals surface area contributed by atoms with Crippen LogP contribution in [-0.4, -0.2) is 99.4 Å². The summed E-state index contributed by atoms with van der Waals surface area (Å²) < 4.78 is 19.7. The van der Waals surface area contributed by atoms with Crippen LogP contribution < -0.4 is 0 Å². The third kappa shape index (κ3) is 12.4. The monoisotopic (exact) mass is 430 g/mol. The maximum absolute atomic E-state index is 11.8.